The first-order valence-electron chi connectivity index (χ1n) is 8.23. The minimum absolute atomic E-state index is 0.00285. The van der Waals surface area contributed by atoms with Gasteiger partial charge in [0.2, 0.25) is 5.55 Å². The fraction of sp³-hybridized carbons (Fsp3) is 0.300. The number of nitrogens with zero attached hydrogens (tertiary/aromatic N) is 1. The lowest BCUT2D eigenvalue weighted by molar-refractivity contribution is 0.440. The highest BCUT2D eigenvalue weighted by atomic mass is 16.3. The summed E-state index contributed by atoms with van der Waals surface area (Å²) in [7, 11) is 0. The molecule has 1 aromatic heterocycles. The Morgan fingerprint density at radius 1 is 1.00 bits per heavy atom. The Morgan fingerprint density at radius 2 is 1.78 bits per heavy atom. The molecule has 3 nitrogen and oxygen atoms in total. The number of nitriles is 1. The van der Waals surface area contributed by atoms with E-state index in [1.165, 1.54) is 19.3 Å². The molecule has 0 radical (unpaired) electrons. The summed E-state index contributed by atoms with van der Waals surface area (Å²) in [5.74, 6) is 0.363. The van der Waals surface area contributed by atoms with Gasteiger partial charge in [0.1, 0.15) is 17.2 Å². The van der Waals surface area contributed by atoms with Gasteiger partial charge in [-0.15, -0.1) is 0 Å². The van der Waals surface area contributed by atoms with Crippen molar-refractivity contribution in [3.63, 3.8) is 0 Å². The van der Waals surface area contributed by atoms with Gasteiger partial charge in [0.05, 0.1) is 0 Å². The monoisotopic (exact) mass is 302 g/mol. The third kappa shape index (κ3) is 2.22. The number of fused-ring (bicyclic) bond motifs is 3. The molecule has 4 rings (SSSR count). The molecule has 0 unspecified atom stereocenters. The molecular formula is C20H18N2O. The first-order valence-corrected chi connectivity index (χ1v) is 8.23. The molecule has 1 heterocycles. The molecule has 0 bridgehead atoms. The topological polar surface area (TPSA) is 60.8 Å². The van der Waals surface area contributed by atoms with Gasteiger partial charge < -0.3 is 4.42 Å². The van der Waals surface area contributed by atoms with E-state index >= 15 is 0 Å². The summed E-state index contributed by atoms with van der Waals surface area (Å²) in [5, 5.41) is 20.9. The van der Waals surface area contributed by atoms with Crippen molar-refractivity contribution in [3.8, 4) is 6.07 Å². The van der Waals surface area contributed by atoms with Gasteiger partial charge in [-0.2, -0.15) is 5.26 Å². The molecule has 2 aromatic carbocycles. The minimum atomic E-state index is -0.00285. The van der Waals surface area contributed by atoms with E-state index in [-0.39, 0.29) is 5.55 Å². The van der Waals surface area contributed by atoms with Crippen molar-refractivity contribution in [3.05, 3.63) is 53.1 Å². The summed E-state index contributed by atoms with van der Waals surface area (Å²) in [4.78, 5) is 0. The largest absolute Gasteiger partial charge is 0.437 e. The van der Waals surface area contributed by atoms with E-state index in [1.807, 2.05) is 24.3 Å². The maximum atomic E-state index is 9.57. The van der Waals surface area contributed by atoms with E-state index in [1.54, 1.807) is 0 Å². The van der Waals surface area contributed by atoms with Crippen molar-refractivity contribution in [2.45, 2.75) is 38.0 Å². The summed E-state index contributed by atoms with van der Waals surface area (Å²) < 4.78 is 5.77. The highest BCUT2D eigenvalue weighted by Crippen LogP contribution is 2.38. The molecule has 1 N–H and O–H groups in total. The van der Waals surface area contributed by atoms with Crippen molar-refractivity contribution in [1.29, 1.82) is 10.7 Å². The maximum absolute atomic E-state index is 9.57. The van der Waals surface area contributed by atoms with E-state index < -0.39 is 0 Å². The standard InChI is InChI=1S/C20H18N2O/c21-12-17-18(14-7-2-1-3-8-14)16-11-10-13-6-4-5-9-15(13)19(16)23-20(17)22/h4-6,9-11,14,22H,1-3,7-8H2. The maximum Gasteiger partial charge on any atom is 0.230 e. The van der Waals surface area contributed by atoms with Crippen molar-refractivity contribution in [2.75, 3.05) is 0 Å². The van der Waals surface area contributed by atoms with Crippen LogP contribution in [0.1, 0.15) is 49.1 Å². The molecule has 114 valence electrons. The molecule has 0 amide bonds. The average Bonchev–Trinajstić information content (AvgIpc) is 2.61. The molecule has 0 atom stereocenters. The molecule has 3 aromatic rings. The minimum Gasteiger partial charge on any atom is -0.437 e. The fourth-order valence-corrected chi connectivity index (χ4v) is 3.90. The van der Waals surface area contributed by atoms with Gasteiger partial charge in [-0.25, -0.2) is 0 Å². The molecule has 3 heteroatoms. The molecule has 0 aliphatic heterocycles. The Balaban J connectivity index is 2.11. The van der Waals surface area contributed by atoms with Crippen LogP contribution in [0, 0.1) is 16.7 Å². The zero-order valence-corrected chi connectivity index (χ0v) is 12.9. The Kier molecular flexibility index (Phi) is 3.38. The van der Waals surface area contributed by atoms with Crippen molar-refractivity contribution in [1.82, 2.24) is 0 Å². The molecule has 0 spiro atoms. The SMILES string of the molecule is N#Cc1c(C2CCCCC2)c2ccc3ccccc3c2oc1=N. The molecule has 1 aliphatic rings. The van der Waals surface area contributed by atoms with Gasteiger partial charge in [0.15, 0.2) is 0 Å². The average molecular weight is 302 g/mol. The van der Waals surface area contributed by atoms with Crippen LogP contribution in [0.3, 0.4) is 0 Å². The molecule has 1 saturated carbocycles. The molecule has 1 aliphatic carbocycles. The summed E-state index contributed by atoms with van der Waals surface area (Å²) in [6.07, 6.45) is 5.86. The predicted molar refractivity (Wildman–Crippen MR) is 90.1 cm³/mol. The van der Waals surface area contributed by atoms with E-state index in [9.17, 15) is 5.26 Å². The summed E-state index contributed by atoms with van der Waals surface area (Å²) in [5.41, 5.74) is 2.19. The predicted octanol–water partition coefficient (Wildman–Crippen LogP) is 4.98. The van der Waals surface area contributed by atoms with Crippen LogP contribution in [-0.2, 0) is 0 Å². The van der Waals surface area contributed by atoms with Crippen LogP contribution < -0.4 is 5.55 Å². The van der Waals surface area contributed by atoms with E-state index in [0.29, 0.717) is 11.5 Å². The third-order valence-electron chi connectivity index (χ3n) is 5.00. The van der Waals surface area contributed by atoms with Crippen LogP contribution >= 0.6 is 0 Å². The van der Waals surface area contributed by atoms with Crippen LogP contribution in [0.2, 0.25) is 0 Å². The summed E-state index contributed by atoms with van der Waals surface area (Å²) >= 11 is 0. The number of hydrogen-bond donors (Lipinski definition) is 1. The van der Waals surface area contributed by atoms with E-state index in [4.69, 9.17) is 9.83 Å². The van der Waals surface area contributed by atoms with Gasteiger partial charge in [-0.05, 0) is 29.7 Å². The second kappa shape index (κ2) is 5.55. The van der Waals surface area contributed by atoms with Gasteiger partial charge in [-0.1, -0.05) is 55.7 Å². The molecular weight excluding hydrogens is 284 g/mol. The zero-order chi connectivity index (χ0) is 15.8. The summed E-state index contributed by atoms with van der Waals surface area (Å²) in [6.45, 7) is 0. The van der Waals surface area contributed by atoms with Gasteiger partial charge >= 0.3 is 0 Å². The molecule has 23 heavy (non-hydrogen) atoms. The fourth-order valence-electron chi connectivity index (χ4n) is 3.90. The second-order valence-corrected chi connectivity index (χ2v) is 6.33. The van der Waals surface area contributed by atoms with Crippen LogP contribution in [0.4, 0.5) is 0 Å². The van der Waals surface area contributed by atoms with Crippen LogP contribution in [-0.4, -0.2) is 0 Å². The van der Waals surface area contributed by atoms with Crippen molar-refractivity contribution < 1.29 is 4.42 Å². The molecule has 1 fully saturated rings. The van der Waals surface area contributed by atoms with Crippen LogP contribution in [0.25, 0.3) is 21.7 Å². The first-order chi connectivity index (χ1) is 11.3. The van der Waals surface area contributed by atoms with E-state index in [2.05, 4.69) is 18.2 Å². The quantitative estimate of drug-likeness (QED) is 0.644. The normalized spacial score (nSPS) is 15.8. The van der Waals surface area contributed by atoms with E-state index in [0.717, 1.165) is 40.1 Å². The Labute approximate surface area is 134 Å². The lowest BCUT2D eigenvalue weighted by atomic mass is 9.81. The van der Waals surface area contributed by atoms with Gasteiger partial charge in [-0.3, -0.25) is 5.41 Å². The number of nitrogens with one attached hydrogen (secondary N) is 1. The number of rotatable bonds is 1. The Morgan fingerprint density at radius 3 is 2.57 bits per heavy atom. The van der Waals surface area contributed by atoms with Crippen molar-refractivity contribution >= 4 is 21.7 Å². The lowest BCUT2D eigenvalue weighted by Crippen LogP contribution is -2.14. The zero-order valence-electron chi connectivity index (χ0n) is 12.9. The smallest absolute Gasteiger partial charge is 0.230 e. The number of hydrogen-bond acceptors (Lipinski definition) is 3. The lowest BCUT2D eigenvalue weighted by Gasteiger charge is -2.24. The Bertz CT molecular complexity index is 988. The van der Waals surface area contributed by atoms with Gasteiger partial charge in [0.25, 0.3) is 0 Å². The van der Waals surface area contributed by atoms with Crippen molar-refractivity contribution in [2.24, 2.45) is 0 Å². The highest BCUT2D eigenvalue weighted by Gasteiger charge is 2.23. The summed E-state index contributed by atoms with van der Waals surface area (Å²) in [6, 6.07) is 14.4. The molecule has 0 saturated heterocycles. The third-order valence-corrected chi connectivity index (χ3v) is 5.00. The van der Waals surface area contributed by atoms with Gasteiger partial charge in [0, 0.05) is 10.8 Å². The first kappa shape index (κ1) is 14.0. The second-order valence-electron chi connectivity index (χ2n) is 6.33. The number of benzene rings is 2. The Hall–Kier alpha value is -2.60. The van der Waals surface area contributed by atoms with Crippen LogP contribution in [0.5, 0.6) is 0 Å². The highest BCUT2D eigenvalue weighted by molar-refractivity contribution is 6.05. The van der Waals surface area contributed by atoms with Crippen LogP contribution in [0.15, 0.2) is 40.8 Å².